The third kappa shape index (κ3) is 11.6. The molecule has 0 radical (unpaired) electrons. The molecule has 1 saturated heterocycles. The molecule has 1 aliphatic heterocycles. The minimum atomic E-state index is -4.24. The van der Waals surface area contributed by atoms with Crippen molar-refractivity contribution in [3.05, 3.63) is 108 Å². The Morgan fingerprint density at radius 1 is 0.800 bits per heavy atom. The monoisotopic (exact) mass is 660 g/mol. The van der Waals surface area contributed by atoms with Crippen LogP contribution in [-0.2, 0) is 57.0 Å². The lowest BCUT2D eigenvalue weighted by atomic mass is 10.2. The molecule has 0 saturated carbocycles. The summed E-state index contributed by atoms with van der Waals surface area (Å²) in [6.07, 6.45) is -1.00. The maximum absolute atomic E-state index is 13.5. The lowest BCUT2D eigenvalue weighted by Crippen LogP contribution is -2.54. The normalized spacial score (nSPS) is 14.9. The summed E-state index contributed by atoms with van der Waals surface area (Å²) in [5.74, 6) is -0.722. The largest absolute Gasteiger partial charge is 0.478 e. The van der Waals surface area contributed by atoms with Crippen LogP contribution in [-0.4, -0.2) is 72.9 Å². The number of amides is 2. The number of carbonyl (C=O) groups is 3. The molecule has 14 heteroatoms. The summed E-state index contributed by atoms with van der Waals surface area (Å²) in [6.45, 7) is -1.14. The standard InChI is InChI=1S/C31H34ClN2O10P/c32-30(36)34-16-17-39-23-28(34)18-33(19-29(35)40-20-25-10-4-1-5-11-25)31(37)41-24-44-45(38,42-21-26-12-6-2-7-13-26)43-22-27-14-8-3-9-15-27/h1-15,28H,16-24H2/t28-/m1/s1. The van der Waals surface area contributed by atoms with Gasteiger partial charge >= 0.3 is 25.3 Å². The molecule has 1 atom stereocenters. The SMILES string of the molecule is O=C(CN(C[C@@H]1COCCN1C(=O)Cl)C(=O)OCOP(=O)(OCc1ccccc1)OCc1ccccc1)OCc1ccccc1. The van der Waals surface area contributed by atoms with Gasteiger partial charge < -0.3 is 19.1 Å². The molecule has 1 fully saturated rings. The third-order valence-corrected chi connectivity index (χ3v) is 8.09. The van der Waals surface area contributed by atoms with E-state index in [2.05, 4.69) is 0 Å². The fourth-order valence-electron chi connectivity index (χ4n) is 4.24. The van der Waals surface area contributed by atoms with E-state index in [1.165, 1.54) is 4.90 Å². The summed E-state index contributed by atoms with van der Waals surface area (Å²) in [7, 11) is -4.24. The van der Waals surface area contributed by atoms with Crippen molar-refractivity contribution in [1.82, 2.24) is 9.80 Å². The molecule has 0 unspecified atom stereocenters. The second kappa shape index (κ2) is 17.6. The Morgan fingerprint density at radius 2 is 1.33 bits per heavy atom. The van der Waals surface area contributed by atoms with E-state index in [0.717, 1.165) is 21.6 Å². The first-order valence-electron chi connectivity index (χ1n) is 14.1. The molecule has 1 heterocycles. The molecule has 1 aliphatic rings. The van der Waals surface area contributed by atoms with Gasteiger partial charge in [-0.3, -0.25) is 23.5 Å². The van der Waals surface area contributed by atoms with Gasteiger partial charge in [0.15, 0.2) is 0 Å². The van der Waals surface area contributed by atoms with Crippen LogP contribution in [0.15, 0.2) is 91.0 Å². The van der Waals surface area contributed by atoms with E-state index in [9.17, 15) is 18.9 Å². The Balaban J connectivity index is 1.40. The van der Waals surface area contributed by atoms with Gasteiger partial charge in [0.05, 0.1) is 32.5 Å². The van der Waals surface area contributed by atoms with Gasteiger partial charge in [-0.25, -0.2) is 13.9 Å². The van der Waals surface area contributed by atoms with Crippen molar-refractivity contribution in [3.63, 3.8) is 0 Å². The van der Waals surface area contributed by atoms with Crippen LogP contribution < -0.4 is 0 Å². The lowest BCUT2D eigenvalue weighted by molar-refractivity contribution is -0.146. The number of morpholine rings is 1. The van der Waals surface area contributed by atoms with Gasteiger partial charge in [0.2, 0.25) is 6.79 Å². The zero-order valence-electron chi connectivity index (χ0n) is 24.4. The van der Waals surface area contributed by atoms with Crippen LogP contribution in [0.25, 0.3) is 0 Å². The maximum atomic E-state index is 13.5. The van der Waals surface area contributed by atoms with Gasteiger partial charge in [-0.05, 0) is 28.3 Å². The molecule has 12 nitrogen and oxygen atoms in total. The average molecular weight is 661 g/mol. The Morgan fingerprint density at radius 3 is 1.87 bits per heavy atom. The summed E-state index contributed by atoms with van der Waals surface area (Å²) in [4.78, 5) is 40.3. The summed E-state index contributed by atoms with van der Waals surface area (Å²) in [6, 6.07) is 26.3. The van der Waals surface area contributed by atoms with Gasteiger partial charge in [-0.1, -0.05) is 91.0 Å². The Kier molecular flexibility index (Phi) is 13.4. The van der Waals surface area contributed by atoms with Gasteiger partial charge in [-0.15, -0.1) is 0 Å². The molecular weight excluding hydrogens is 627 g/mol. The molecule has 0 spiro atoms. The molecule has 0 bridgehead atoms. The summed E-state index contributed by atoms with van der Waals surface area (Å²) in [5.41, 5.74) is 2.19. The average Bonchev–Trinajstić information content (AvgIpc) is 3.07. The molecule has 4 rings (SSSR count). The highest BCUT2D eigenvalue weighted by Crippen LogP contribution is 2.51. The van der Waals surface area contributed by atoms with E-state index in [-0.39, 0.29) is 46.1 Å². The first kappa shape index (κ1) is 34.1. The van der Waals surface area contributed by atoms with Crippen molar-refractivity contribution in [3.8, 4) is 0 Å². The molecule has 0 aromatic heterocycles. The third-order valence-electron chi connectivity index (χ3n) is 6.56. The number of rotatable bonds is 15. The van der Waals surface area contributed by atoms with Crippen LogP contribution in [0.3, 0.4) is 0 Å². The van der Waals surface area contributed by atoms with Crippen molar-refractivity contribution in [2.45, 2.75) is 25.9 Å². The quantitative estimate of drug-likeness (QED) is 0.0654. The fourth-order valence-corrected chi connectivity index (χ4v) is 5.48. The predicted octanol–water partition coefficient (Wildman–Crippen LogP) is 5.74. The van der Waals surface area contributed by atoms with Crippen molar-refractivity contribution in [2.75, 3.05) is 39.6 Å². The van der Waals surface area contributed by atoms with Gasteiger partial charge in [0, 0.05) is 13.1 Å². The van der Waals surface area contributed by atoms with Crippen molar-refractivity contribution < 1.29 is 46.7 Å². The van der Waals surface area contributed by atoms with E-state index in [1.54, 1.807) is 72.8 Å². The molecule has 3 aromatic rings. The van der Waals surface area contributed by atoms with Crippen molar-refractivity contribution in [1.29, 1.82) is 0 Å². The topological polar surface area (TPSA) is 130 Å². The number of phosphoric acid groups is 1. The minimum absolute atomic E-state index is 0.00874. The number of halogens is 1. The number of nitrogens with zero attached hydrogens (tertiary/aromatic N) is 2. The minimum Gasteiger partial charge on any atom is -0.459 e. The summed E-state index contributed by atoms with van der Waals surface area (Å²) in [5, 5.41) is -0.723. The van der Waals surface area contributed by atoms with Crippen LogP contribution >= 0.6 is 19.4 Å². The fraction of sp³-hybridized carbons (Fsp3) is 0.323. The Bertz CT molecular complexity index is 1370. The molecule has 3 aromatic carbocycles. The lowest BCUT2D eigenvalue weighted by Gasteiger charge is -2.36. The first-order valence-corrected chi connectivity index (χ1v) is 15.9. The zero-order chi connectivity index (χ0) is 31.9. The van der Waals surface area contributed by atoms with E-state index < -0.39 is 44.6 Å². The zero-order valence-corrected chi connectivity index (χ0v) is 26.1. The maximum Gasteiger partial charge on any atom is 0.478 e. The highest BCUT2D eigenvalue weighted by atomic mass is 35.5. The van der Waals surface area contributed by atoms with Crippen molar-refractivity contribution in [2.24, 2.45) is 0 Å². The van der Waals surface area contributed by atoms with E-state index in [0.29, 0.717) is 0 Å². The number of carbonyl (C=O) groups excluding carboxylic acids is 3. The van der Waals surface area contributed by atoms with E-state index in [4.69, 9.17) is 39.4 Å². The number of esters is 1. The molecule has 240 valence electrons. The van der Waals surface area contributed by atoms with Crippen LogP contribution in [0, 0.1) is 0 Å². The van der Waals surface area contributed by atoms with Gasteiger partial charge in [0.1, 0.15) is 13.2 Å². The van der Waals surface area contributed by atoms with Crippen LogP contribution in [0.5, 0.6) is 0 Å². The van der Waals surface area contributed by atoms with Crippen LogP contribution in [0.1, 0.15) is 16.7 Å². The summed E-state index contributed by atoms with van der Waals surface area (Å²) >= 11 is 5.75. The number of phosphoric ester groups is 1. The highest BCUT2D eigenvalue weighted by Gasteiger charge is 2.33. The summed E-state index contributed by atoms with van der Waals surface area (Å²) < 4.78 is 46.0. The van der Waals surface area contributed by atoms with Gasteiger partial charge in [-0.2, -0.15) is 0 Å². The van der Waals surface area contributed by atoms with Crippen molar-refractivity contribution >= 4 is 36.9 Å². The van der Waals surface area contributed by atoms with E-state index in [1.807, 2.05) is 18.2 Å². The molecule has 0 aliphatic carbocycles. The molecule has 2 amide bonds. The van der Waals surface area contributed by atoms with E-state index >= 15 is 0 Å². The molecule has 45 heavy (non-hydrogen) atoms. The number of benzene rings is 3. The first-order chi connectivity index (χ1) is 21.8. The van der Waals surface area contributed by atoms with Crippen LogP contribution in [0.2, 0.25) is 0 Å². The number of hydrogen-bond donors (Lipinski definition) is 0. The Labute approximate surface area is 266 Å². The molecular formula is C31H34ClN2O10P. The van der Waals surface area contributed by atoms with Crippen LogP contribution in [0.4, 0.5) is 9.59 Å². The number of ether oxygens (including phenoxy) is 3. The second-order valence-electron chi connectivity index (χ2n) is 9.82. The second-order valence-corrected chi connectivity index (χ2v) is 11.8. The smallest absolute Gasteiger partial charge is 0.459 e. The van der Waals surface area contributed by atoms with Gasteiger partial charge in [0.25, 0.3) is 0 Å². The number of hydrogen-bond acceptors (Lipinski definition) is 10. The Hall–Kier alpha value is -3.77. The highest BCUT2D eigenvalue weighted by molar-refractivity contribution is 7.48. The predicted molar refractivity (Wildman–Crippen MR) is 163 cm³/mol. The molecule has 0 N–H and O–H groups in total.